The van der Waals surface area contributed by atoms with E-state index in [4.69, 9.17) is 4.74 Å². The molecule has 90 valence electrons. The van der Waals surface area contributed by atoms with Crippen LogP contribution in [0.15, 0.2) is 0 Å². The van der Waals surface area contributed by atoms with Gasteiger partial charge in [0.25, 0.3) is 0 Å². The third kappa shape index (κ3) is 4.12. The molecule has 0 amide bonds. The van der Waals surface area contributed by atoms with Crippen LogP contribution in [-0.2, 0) is 4.74 Å². The van der Waals surface area contributed by atoms with E-state index in [9.17, 15) is 0 Å². The van der Waals surface area contributed by atoms with E-state index < -0.39 is 0 Å². The first kappa shape index (κ1) is 13.0. The van der Waals surface area contributed by atoms with Crippen LogP contribution < -0.4 is 5.32 Å². The number of hydrogen-bond acceptors (Lipinski definition) is 2. The maximum atomic E-state index is 6.00. The van der Waals surface area contributed by atoms with Gasteiger partial charge >= 0.3 is 0 Å². The second-order valence-corrected chi connectivity index (χ2v) is 6.13. The summed E-state index contributed by atoms with van der Waals surface area (Å²) in [5, 5.41) is 3.51. The van der Waals surface area contributed by atoms with E-state index in [0.717, 1.165) is 19.6 Å². The van der Waals surface area contributed by atoms with Crippen molar-refractivity contribution in [2.24, 2.45) is 5.41 Å². The SMILES string of the molecule is CCCC(C)(C)CC1(C)CNC(C)CO1. The van der Waals surface area contributed by atoms with Crippen LogP contribution in [0.3, 0.4) is 0 Å². The number of nitrogens with one attached hydrogen (secondary N) is 1. The minimum atomic E-state index is 0.0329. The van der Waals surface area contributed by atoms with Gasteiger partial charge in [-0.3, -0.25) is 0 Å². The lowest BCUT2D eigenvalue weighted by atomic mass is 9.77. The molecule has 1 N–H and O–H groups in total. The Morgan fingerprint density at radius 3 is 2.60 bits per heavy atom. The summed E-state index contributed by atoms with van der Waals surface area (Å²) in [5.41, 5.74) is 0.428. The fourth-order valence-electron chi connectivity index (χ4n) is 2.72. The Kier molecular flexibility index (Phi) is 4.19. The summed E-state index contributed by atoms with van der Waals surface area (Å²) < 4.78 is 6.00. The first-order chi connectivity index (χ1) is 6.87. The predicted octanol–water partition coefficient (Wildman–Crippen LogP) is 2.97. The number of hydrogen-bond donors (Lipinski definition) is 1. The summed E-state index contributed by atoms with van der Waals surface area (Å²) in [7, 11) is 0. The van der Waals surface area contributed by atoms with Gasteiger partial charge in [0.15, 0.2) is 0 Å². The highest BCUT2D eigenvalue weighted by Gasteiger charge is 2.35. The van der Waals surface area contributed by atoms with Crippen molar-refractivity contribution < 1.29 is 4.74 Å². The number of morpholine rings is 1. The van der Waals surface area contributed by atoms with Crippen molar-refractivity contribution in [3.63, 3.8) is 0 Å². The Morgan fingerprint density at radius 2 is 2.13 bits per heavy atom. The van der Waals surface area contributed by atoms with E-state index in [0.29, 0.717) is 11.5 Å². The largest absolute Gasteiger partial charge is 0.372 e. The van der Waals surface area contributed by atoms with Crippen molar-refractivity contribution in [3.8, 4) is 0 Å². The molecular formula is C13H27NO. The van der Waals surface area contributed by atoms with Gasteiger partial charge in [0.1, 0.15) is 0 Å². The van der Waals surface area contributed by atoms with Gasteiger partial charge in [-0.2, -0.15) is 0 Å². The van der Waals surface area contributed by atoms with Crippen LogP contribution in [0.1, 0.15) is 53.9 Å². The van der Waals surface area contributed by atoms with Crippen LogP contribution in [-0.4, -0.2) is 24.8 Å². The number of rotatable bonds is 4. The topological polar surface area (TPSA) is 21.3 Å². The quantitative estimate of drug-likeness (QED) is 0.775. The highest BCUT2D eigenvalue weighted by Crippen LogP contribution is 2.35. The molecular weight excluding hydrogens is 186 g/mol. The highest BCUT2D eigenvalue weighted by molar-refractivity contribution is 4.89. The molecule has 0 radical (unpaired) electrons. The Hall–Kier alpha value is -0.0800. The van der Waals surface area contributed by atoms with E-state index in [2.05, 4.69) is 39.9 Å². The van der Waals surface area contributed by atoms with Gasteiger partial charge in [0.05, 0.1) is 12.2 Å². The molecule has 0 aromatic rings. The molecule has 1 heterocycles. The van der Waals surface area contributed by atoms with Gasteiger partial charge in [-0.25, -0.2) is 0 Å². The fourth-order valence-corrected chi connectivity index (χ4v) is 2.72. The van der Waals surface area contributed by atoms with Crippen molar-refractivity contribution in [1.82, 2.24) is 5.32 Å². The molecule has 0 spiro atoms. The molecule has 0 saturated carbocycles. The minimum absolute atomic E-state index is 0.0329. The molecule has 2 unspecified atom stereocenters. The second kappa shape index (κ2) is 4.84. The van der Waals surface area contributed by atoms with Crippen LogP contribution in [0.25, 0.3) is 0 Å². The number of ether oxygens (including phenoxy) is 1. The Labute approximate surface area is 94.8 Å². The van der Waals surface area contributed by atoms with Crippen molar-refractivity contribution in [2.75, 3.05) is 13.2 Å². The molecule has 0 aliphatic carbocycles. The average molecular weight is 213 g/mol. The zero-order valence-corrected chi connectivity index (χ0v) is 11.0. The first-order valence-electron chi connectivity index (χ1n) is 6.24. The normalized spacial score (nSPS) is 33.0. The summed E-state index contributed by atoms with van der Waals surface area (Å²) in [4.78, 5) is 0. The Bertz CT molecular complexity index is 193. The summed E-state index contributed by atoms with van der Waals surface area (Å²) >= 11 is 0. The van der Waals surface area contributed by atoms with E-state index >= 15 is 0 Å². The summed E-state index contributed by atoms with van der Waals surface area (Å²) in [6, 6.07) is 0.507. The Balaban J connectivity index is 2.49. The molecule has 0 bridgehead atoms. The molecule has 1 aliphatic heterocycles. The summed E-state index contributed by atoms with van der Waals surface area (Å²) in [6.07, 6.45) is 3.68. The smallest absolute Gasteiger partial charge is 0.0784 e. The monoisotopic (exact) mass is 213 g/mol. The second-order valence-electron chi connectivity index (χ2n) is 6.13. The van der Waals surface area contributed by atoms with Gasteiger partial charge in [-0.15, -0.1) is 0 Å². The highest BCUT2D eigenvalue weighted by atomic mass is 16.5. The Morgan fingerprint density at radius 1 is 1.47 bits per heavy atom. The predicted molar refractivity (Wildman–Crippen MR) is 65.1 cm³/mol. The molecule has 1 rings (SSSR count). The molecule has 2 atom stereocenters. The zero-order chi connectivity index (χ0) is 11.5. The molecule has 2 heteroatoms. The third-order valence-corrected chi connectivity index (χ3v) is 3.29. The van der Waals surface area contributed by atoms with Crippen molar-refractivity contribution in [1.29, 1.82) is 0 Å². The van der Waals surface area contributed by atoms with Gasteiger partial charge in [0, 0.05) is 12.6 Å². The lowest BCUT2D eigenvalue weighted by Crippen LogP contribution is -2.53. The molecule has 1 aliphatic rings. The van der Waals surface area contributed by atoms with Crippen molar-refractivity contribution in [3.05, 3.63) is 0 Å². The molecule has 0 aromatic carbocycles. The molecule has 15 heavy (non-hydrogen) atoms. The lowest BCUT2D eigenvalue weighted by Gasteiger charge is -2.42. The van der Waals surface area contributed by atoms with E-state index in [1.54, 1.807) is 0 Å². The van der Waals surface area contributed by atoms with Gasteiger partial charge < -0.3 is 10.1 Å². The van der Waals surface area contributed by atoms with Crippen molar-refractivity contribution in [2.45, 2.75) is 65.5 Å². The van der Waals surface area contributed by atoms with Crippen LogP contribution >= 0.6 is 0 Å². The third-order valence-electron chi connectivity index (χ3n) is 3.29. The molecule has 2 nitrogen and oxygen atoms in total. The maximum Gasteiger partial charge on any atom is 0.0784 e. The van der Waals surface area contributed by atoms with E-state index in [1.165, 1.54) is 12.8 Å². The molecule has 1 fully saturated rings. The minimum Gasteiger partial charge on any atom is -0.372 e. The van der Waals surface area contributed by atoms with E-state index in [-0.39, 0.29) is 5.60 Å². The van der Waals surface area contributed by atoms with Crippen LogP contribution in [0.5, 0.6) is 0 Å². The van der Waals surface area contributed by atoms with Crippen LogP contribution in [0.4, 0.5) is 0 Å². The average Bonchev–Trinajstić information content (AvgIpc) is 2.09. The standard InChI is InChI=1S/C13H27NO/c1-6-7-12(3,4)9-13(5)10-14-11(2)8-15-13/h11,14H,6-10H2,1-5H3. The fraction of sp³-hybridized carbons (Fsp3) is 1.00. The molecule has 1 saturated heterocycles. The summed E-state index contributed by atoms with van der Waals surface area (Å²) in [6.45, 7) is 13.2. The zero-order valence-electron chi connectivity index (χ0n) is 11.0. The summed E-state index contributed by atoms with van der Waals surface area (Å²) in [5.74, 6) is 0. The molecule has 0 aromatic heterocycles. The van der Waals surface area contributed by atoms with Gasteiger partial charge in [-0.1, -0.05) is 27.2 Å². The van der Waals surface area contributed by atoms with Crippen molar-refractivity contribution >= 4 is 0 Å². The van der Waals surface area contributed by atoms with E-state index in [1.807, 2.05) is 0 Å². The van der Waals surface area contributed by atoms with Crippen LogP contribution in [0, 0.1) is 5.41 Å². The lowest BCUT2D eigenvalue weighted by molar-refractivity contribution is -0.0912. The van der Waals surface area contributed by atoms with Gasteiger partial charge in [0.2, 0.25) is 0 Å². The van der Waals surface area contributed by atoms with Crippen LogP contribution in [0.2, 0.25) is 0 Å². The van der Waals surface area contributed by atoms with Gasteiger partial charge in [-0.05, 0) is 32.1 Å². The maximum absolute atomic E-state index is 6.00. The first-order valence-corrected chi connectivity index (χ1v) is 6.24.